The van der Waals surface area contributed by atoms with Crippen LogP contribution in [0.3, 0.4) is 0 Å². The molecule has 9 nitrogen and oxygen atoms in total. The topological polar surface area (TPSA) is 101 Å². The van der Waals surface area contributed by atoms with E-state index in [1.165, 1.54) is 0 Å². The Morgan fingerprint density at radius 3 is 2.84 bits per heavy atom. The maximum atomic E-state index is 13.5. The van der Waals surface area contributed by atoms with E-state index in [0.29, 0.717) is 34.7 Å². The zero-order valence-electron chi connectivity index (χ0n) is 21.7. The number of hydrogen-bond acceptors (Lipinski definition) is 7. The van der Waals surface area contributed by atoms with E-state index in [4.69, 9.17) is 14.2 Å². The molecule has 4 rings (SSSR count). The molecule has 0 aliphatic carbocycles. The second-order valence-electron chi connectivity index (χ2n) is 9.50. The third-order valence-electron chi connectivity index (χ3n) is 6.55. The highest BCUT2D eigenvalue weighted by Crippen LogP contribution is 2.33. The predicted molar refractivity (Wildman–Crippen MR) is 137 cm³/mol. The minimum atomic E-state index is -0.451. The molecule has 0 fully saturated rings. The van der Waals surface area contributed by atoms with Crippen molar-refractivity contribution in [2.24, 2.45) is 5.92 Å². The summed E-state index contributed by atoms with van der Waals surface area (Å²) >= 11 is 0. The Morgan fingerprint density at radius 1 is 1.30 bits per heavy atom. The number of amides is 2. The average molecular weight is 508 g/mol. The first-order valence-electron chi connectivity index (χ1n) is 12.5. The standard InChI is InChI=1S/C28H33N3O6/c1-5-6-7-8-20-11-22-26(29-13-20)37-25(18(2)14-31(28(22)34)19(3)16-32)15-30(4)27(33)21-9-10-23-24(12-21)36-17-35-23/h9-13,18-19,25,32H,5-6,14-17H2,1-4H3/t18-,19+,25+/m1/s1. The van der Waals surface area contributed by atoms with Crippen molar-refractivity contribution < 1.29 is 28.9 Å². The molecule has 0 saturated heterocycles. The van der Waals surface area contributed by atoms with E-state index >= 15 is 0 Å². The van der Waals surface area contributed by atoms with Gasteiger partial charge in [0, 0.05) is 43.3 Å². The molecule has 0 saturated carbocycles. The van der Waals surface area contributed by atoms with Crippen molar-refractivity contribution in [3.8, 4) is 29.2 Å². The van der Waals surface area contributed by atoms with Crippen molar-refractivity contribution in [1.29, 1.82) is 0 Å². The zero-order valence-corrected chi connectivity index (χ0v) is 21.7. The minimum Gasteiger partial charge on any atom is -0.472 e. The quantitative estimate of drug-likeness (QED) is 0.600. The van der Waals surface area contributed by atoms with Gasteiger partial charge in [-0.25, -0.2) is 4.98 Å². The highest BCUT2D eigenvalue weighted by Gasteiger charge is 2.35. The van der Waals surface area contributed by atoms with Crippen LogP contribution in [0.1, 0.15) is 59.9 Å². The molecule has 9 heteroatoms. The molecule has 1 aromatic heterocycles. The van der Waals surface area contributed by atoms with Gasteiger partial charge in [-0.2, -0.15) is 0 Å². The number of likely N-dealkylation sites (N-methyl/N-ethyl adjacent to an activating group) is 1. The summed E-state index contributed by atoms with van der Waals surface area (Å²) in [5.41, 5.74) is 1.40. The maximum Gasteiger partial charge on any atom is 0.259 e. The Balaban J connectivity index is 1.61. The molecule has 2 aromatic rings. The van der Waals surface area contributed by atoms with Crippen molar-refractivity contribution in [3.05, 3.63) is 47.2 Å². The second-order valence-corrected chi connectivity index (χ2v) is 9.50. The summed E-state index contributed by atoms with van der Waals surface area (Å²) in [5.74, 6) is 6.87. The number of nitrogens with zero attached hydrogens (tertiary/aromatic N) is 3. The van der Waals surface area contributed by atoms with Gasteiger partial charge in [0.2, 0.25) is 12.7 Å². The fourth-order valence-corrected chi connectivity index (χ4v) is 4.28. The van der Waals surface area contributed by atoms with Gasteiger partial charge in [0.05, 0.1) is 19.2 Å². The number of pyridine rings is 1. The van der Waals surface area contributed by atoms with E-state index in [2.05, 4.69) is 23.7 Å². The van der Waals surface area contributed by atoms with E-state index in [9.17, 15) is 14.7 Å². The van der Waals surface area contributed by atoms with E-state index in [1.807, 2.05) is 6.92 Å². The number of fused-ring (bicyclic) bond motifs is 2. The molecule has 3 heterocycles. The highest BCUT2D eigenvalue weighted by molar-refractivity contribution is 5.97. The molecule has 2 aliphatic heterocycles. The zero-order chi connectivity index (χ0) is 26.5. The smallest absolute Gasteiger partial charge is 0.259 e. The Labute approximate surface area is 217 Å². The summed E-state index contributed by atoms with van der Waals surface area (Å²) in [7, 11) is 1.71. The van der Waals surface area contributed by atoms with E-state index in [-0.39, 0.29) is 43.6 Å². The monoisotopic (exact) mass is 507 g/mol. The Kier molecular flexibility index (Phi) is 8.19. The van der Waals surface area contributed by atoms with Crippen molar-refractivity contribution in [1.82, 2.24) is 14.8 Å². The molecule has 0 bridgehead atoms. The van der Waals surface area contributed by atoms with Gasteiger partial charge < -0.3 is 29.1 Å². The number of carbonyl (C=O) groups is 2. The van der Waals surface area contributed by atoms with Crippen LogP contribution in [-0.2, 0) is 0 Å². The van der Waals surface area contributed by atoms with Crippen molar-refractivity contribution in [3.63, 3.8) is 0 Å². The van der Waals surface area contributed by atoms with Crippen LogP contribution in [0.15, 0.2) is 30.5 Å². The van der Waals surface area contributed by atoms with Crippen LogP contribution < -0.4 is 14.2 Å². The molecule has 3 atom stereocenters. The fourth-order valence-electron chi connectivity index (χ4n) is 4.28. The van der Waals surface area contributed by atoms with Crippen LogP contribution in [0, 0.1) is 17.8 Å². The minimum absolute atomic E-state index is 0.135. The van der Waals surface area contributed by atoms with Gasteiger partial charge in [-0.3, -0.25) is 9.59 Å². The number of hydrogen-bond donors (Lipinski definition) is 1. The van der Waals surface area contributed by atoms with Crippen LogP contribution in [0.2, 0.25) is 0 Å². The normalized spacial score (nSPS) is 19.1. The fraction of sp³-hybridized carbons (Fsp3) is 0.464. The van der Waals surface area contributed by atoms with Crippen molar-refractivity contribution in [2.75, 3.05) is 33.5 Å². The molecule has 1 N–H and O–H groups in total. The number of unbranched alkanes of at least 4 members (excludes halogenated alkanes) is 1. The summed E-state index contributed by atoms with van der Waals surface area (Å²) in [4.78, 5) is 34.4. The lowest BCUT2D eigenvalue weighted by Gasteiger charge is -2.37. The molecule has 1 aromatic carbocycles. The number of aromatic nitrogens is 1. The Bertz CT molecular complexity index is 1220. The number of ether oxygens (including phenoxy) is 3. The van der Waals surface area contributed by atoms with Crippen molar-refractivity contribution in [2.45, 2.75) is 45.8 Å². The first-order chi connectivity index (χ1) is 17.8. The van der Waals surface area contributed by atoms with Gasteiger partial charge in [-0.05, 0) is 37.6 Å². The van der Waals surface area contributed by atoms with E-state index in [0.717, 1.165) is 12.8 Å². The lowest BCUT2D eigenvalue weighted by Crippen LogP contribution is -2.50. The first kappa shape index (κ1) is 26.3. The number of aliphatic hydroxyl groups excluding tert-OH is 1. The average Bonchev–Trinajstić information content (AvgIpc) is 3.38. The number of carbonyl (C=O) groups excluding carboxylic acids is 2. The third kappa shape index (κ3) is 5.81. The SMILES string of the molecule is CCCC#Cc1cnc2c(c1)C(=O)N([C@@H](C)CO)C[C@@H](C)[C@H](CN(C)C(=O)c1ccc3c(c1)OCO3)O2. The molecular formula is C28H33N3O6. The molecule has 2 aliphatic rings. The molecule has 0 spiro atoms. The number of benzene rings is 1. The molecular weight excluding hydrogens is 474 g/mol. The lowest BCUT2D eigenvalue weighted by atomic mass is 9.99. The van der Waals surface area contributed by atoms with Crippen LogP contribution in [-0.4, -0.2) is 77.4 Å². The van der Waals surface area contributed by atoms with Gasteiger partial charge >= 0.3 is 0 Å². The van der Waals surface area contributed by atoms with Gasteiger partial charge in [0.1, 0.15) is 11.7 Å². The summed E-state index contributed by atoms with van der Waals surface area (Å²) in [6.07, 6.45) is 2.83. The van der Waals surface area contributed by atoms with Crippen LogP contribution in [0.5, 0.6) is 17.4 Å². The van der Waals surface area contributed by atoms with Gasteiger partial charge in [0.25, 0.3) is 11.8 Å². The molecule has 37 heavy (non-hydrogen) atoms. The summed E-state index contributed by atoms with van der Waals surface area (Å²) in [6.45, 7) is 6.39. The van der Waals surface area contributed by atoms with Gasteiger partial charge in [0.15, 0.2) is 11.5 Å². The molecule has 0 radical (unpaired) electrons. The summed E-state index contributed by atoms with van der Waals surface area (Å²) in [6, 6.07) is 6.39. The van der Waals surface area contributed by atoms with Crippen LogP contribution in [0.4, 0.5) is 0 Å². The lowest BCUT2D eigenvalue weighted by molar-refractivity contribution is 0.0313. The van der Waals surface area contributed by atoms with Crippen LogP contribution in [0.25, 0.3) is 0 Å². The number of aliphatic hydroxyl groups is 1. The first-order valence-corrected chi connectivity index (χ1v) is 12.5. The largest absolute Gasteiger partial charge is 0.472 e. The van der Waals surface area contributed by atoms with Gasteiger partial charge in [-0.15, -0.1) is 0 Å². The van der Waals surface area contributed by atoms with Crippen LogP contribution >= 0.6 is 0 Å². The molecule has 0 unspecified atom stereocenters. The third-order valence-corrected chi connectivity index (χ3v) is 6.55. The summed E-state index contributed by atoms with van der Waals surface area (Å²) in [5, 5.41) is 9.84. The second kappa shape index (κ2) is 11.5. The molecule has 2 amide bonds. The Morgan fingerprint density at radius 2 is 2.08 bits per heavy atom. The number of rotatable bonds is 6. The van der Waals surface area contributed by atoms with E-state index < -0.39 is 12.1 Å². The van der Waals surface area contributed by atoms with Crippen molar-refractivity contribution >= 4 is 11.8 Å². The highest BCUT2D eigenvalue weighted by atomic mass is 16.7. The maximum absolute atomic E-state index is 13.5. The summed E-state index contributed by atoms with van der Waals surface area (Å²) < 4.78 is 17.0. The molecule has 196 valence electrons. The Hall–Kier alpha value is -3.77. The van der Waals surface area contributed by atoms with Gasteiger partial charge in [-0.1, -0.05) is 25.7 Å². The predicted octanol–water partition coefficient (Wildman–Crippen LogP) is 2.95. The van der Waals surface area contributed by atoms with E-state index in [1.54, 1.807) is 54.2 Å².